The molecule has 1 amide bonds. The summed E-state index contributed by atoms with van der Waals surface area (Å²) in [5, 5.41) is 0. The van der Waals surface area contributed by atoms with Crippen molar-refractivity contribution >= 4 is 46.6 Å². The zero-order chi connectivity index (χ0) is 22.5. The van der Waals surface area contributed by atoms with Crippen molar-refractivity contribution in [3.05, 3.63) is 38.5 Å². The minimum absolute atomic E-state index is 0.342. The maximum Gasteiger partial charge on any atom is 0.410 e. The average Bonchev–Trinajstić information content (AvgIpc) is 3.00. The van der Waals surface area contributed by atoms with Crippen molar-refractivity contribution in [2.24, 2.45) is 0 Å². The summed E-state index contributed by atoms with van der Waals surface area (Å²) in [4.78, 5) is 25.6. The topological polar surface area (TPSA) is 65.1 Å². The maximum atomic E-state index is 12.1. The highest BCUT2D eigenvalue weighted by Gasteiger charge is 2.19. The van der Waals surface area contributed by atoms with Gasteiger partial charge in [0.05, 0.1) is 23.6 Å². The van der Waals surface area contributed by atoms with Crippen molar-refractivity contribution in [1.82, 2.24) is 4.90 Å². The van der Waals surface area contributed by atoms with Crippen LogP contribution in [0.15, 0.2) is 24.3 Å². The number of amides is 1. The largest absolute Gasteiger partial charge is 0.493 e. The number of halogens is 2. The van der Waals surface area contributed by atoms with E-state index in [2.05, 4.69) is 0 Å². The van der Waals surface area contributed by atoms with Gasteiger partial charge in [0, 0.05) is 19.2 Å². The third-order valence-electron chi connectivity index (χ3n) is 3.91. The number of carbonyl (C=O) groups excluding carboxylic acids is 2. The van der Waals surface area contributed by atoms with Crippen LogP contribution >= 0.6 is 34.5 Å². The van der Waals surface area contributed by atoms with E-state index in [9.17, 15) is 9.59 Å². The molecule has 30 heavy (non-hydrogen) atoms. The lowest BCUT2D eigenvalue weighted by atomic mass is 10.1. The monoisotopic (exact) mass is 473 g/mol. The molecule has 0 atom stereocenters. The molecule has 0 aliphatic rings. The molecule has 1 heterocycles. The van der Waals surface area contributed by atoms with Crippen molar-refractivity contribution in [3.63, 3.8) is 0 Å². The number of thiophene rings is 1. The zero-order valence-electron chi connectivity index (χ0n) is 17.6. The first-order valence-electron chi connectivity index (χ1n) is 9.25. The average molecular weight is 474 g/mol. The lowest BCUT2D eigenvalue weighted by Gasteiger charge is -2.24. The van der Waals surface area contributed by atoms with Gasteiger partial charge in [-0.3, -0.25) is 0 Å². The van der Waals surface area contributed by atoms with Crippen LogP contribution in [0.4, 0.5) is 4.79 Å². The molecule has 2 aromatic rings. The van der Waals surface area contributed by atoms with Gasteiger partial charge in [0.25, 0.3) is 0 Å². The fraction of sp³-hybridized carbons (Fsp3) is 0.429. The minimum Gasteiger partial charge on any atom is -0.493 e. The van der Waals surface area contributed by atoms with Gasteiger partial charge < -0.3 is 19.1 Å². The molecule has 0 spiro atoms. The molecule has 1 aromatic heterocycles. The van der Waals surface area contributed by atoms with E-state index in [1.165, 1.54) is 23.3 Å². The van der Waals surface area contributed by atoms with Gasteiger partial charge in [0.2, 0.25) is 0 Å². The highest BCUT2D eigenvalue weighted by molar-refractivity contribution is 7.20. The third kappa shape index (κ3) is 7.07. The molecule has 6 nitrogen and oxygen atoms in total. The van der Waals surface area contributed by atoms with E-state index in [0.717, 1.165) is 0 Å². The third-order valence-corrected chi connectivity index (χ3v) is 5.39. The number of carbonyl (C=O) groups is 2. The fourth-order valence-electron chi connectivity index (χ4n) is 2.53. The van der Waals surface area contributed by atoms with Crippen LogP contribution in [0.1, 0.15) is 37.6 Å². The lowest BCUT2D eigenvalue weighted by molar-refractivity contribution is 0.0291. The van der Waals surface area contributed by atoms with E-state index in [1.54, 1.807) is 31.3 Å². The summed E-state index contributed by atoms with van der Waals surface area (Å²) in [5.74, 6) is 0.00928. The highest BCUT2D eigenvalue weighted by atomic mass is 35.5. The van der Waals surface area contributed by atoms with Crippen LogP contribution in [0.3, 0.4) is 0 Å². The second-order valence-electron chi connectivity index (χ2n) is 7.58. The van der Waals surface area contributed by atoms with Gasteiger partial charge in [-0.1, -0.05) is 23.2 Å². The normalized spacial score (nSPS) is 11.2. The number of rotatable bonds is 7. The quantitative estimate of drug-likeness (QED) is 0.356. The van der Waals surface area contributed by atoms with Crippen molar-refractivity contribution in [2.75, 3.05) is 27.3 Å². The Hall–Kier alpha value is -1.96. The molecule has 9 heteroatoms. The molecule has 0 fully saturated rings. The van der Waals surface area contributed by atoms with Gasteiger partial charge in [-0.2, -0.15) is 0 Å². The van der Waals surface area contributed by atoms with E-state index in [0.29, 0.717) is 50.7 Å². The van der Waals surface area contributed by atoms with Crippen molar-refractivity contribution < 1.29 is 23.8 Å². The summed E-state index contributed by atoms with van der Waals surface area (Å²) in [6.07, 6.45) is 0.194. The minimum atomic E-state index is -0.543. The fourth-order valence-corrected chi connectivity index (χ4v) is 4.04. The van der Waals surface area contributed by atoms with Crippen molar-refractivity contribution in [2.45, 2.75) is 32.8 Å². The number of hydrogen-bond acceptors (Lipinski definition) is 6. The molecule has 0 aliphatic carbocycles. The first-order valence-corrected chi connectivity index (χ1v) is 10.8. The van der Waals surface area contributed by atoms with E-state index in [1.807, 2.05) is 20.8 Å². The number of ether oxygens (including phenoxy) is 3. The molecule has 164 valence electrons. The van der Waals surface area contributed by atoms with Crippen molar-refractivity contribution in [3.8, 4) is 16.9 Å². The number of methoxy groups -OCH3 is 1. The van der Waals surface area contributed by atoms with Gasteiger partial charge in [0.15, 0.2) is 0 Å². The van der Waals surface area contributed by atoms with Gasteiger partial charge in [-0.15, -0.1) is 11.3 Å². The van der Waals surface area contributed by atoms with Gasteiger partial charge in [-0.25, -0.2) is 9.59 Å². The molecule has 0 saturated heterocycles. The van der Waals surface area contributed by atoms with Gasteiger partial charge in [0.1, 0.15) is 15.7 Å². The molecule has 1 aromatic carbocycles. The van der Waals surface area contributed by atoms with Crippen LogP contribution in [0.5, 0.6) is 5.75 Å². The Morgan fingerprint density at radius 3 is 2.40 bits per heavy atom. The number of esters is 1. The van der Waals surface area contributed by atoms with E-state index >= 15 is 0 Å². The number of hydrogen-bond donors (Lipinski definition) is 0. The summed E-state index contributed by atoms with van der Waals surface area (Å²) in [5.41, 5.74) is 1.21. The van der Waals surface area contributed by atoms with Crippen LogP contribution in [-0.2, 0) is 9.47 Å². The number of benzene rings is 1. The first kappa shape index (κ1) is 24.3. The van der Waals surface area contributed by atoms with Gasteiger partial charge in [-0.05, 0) is 57.0 Å². The lowest BCUT2D eigenvalue weighted by Crippen LogP contribution is -2.35. The smallest absolute Gasteiger partial charge is 0.410 e. The Morgan fingerprint density at radius 2 is 1.83 bits per heavy atom. The molecular weight excluding hydrogens is 449 g/mol. The second-order valence-corrected chi connectivity index (χ2v) is 9.87. The number of nitrogens with zero attached hydrogens (tertiary/aromatic N) is 1. The molecule has 2 rings (SSSR count). The van der Waals surface area contributed by atoms with Crippen LogP contribution in [0.25, 0.3) is 11.1 Å². The summed E-state index contributed by atoms with van der Waals surface area (Å²) in [6.45, 7) is 6.27. The van der Waals surface area contributed by atoms with E-state index < -0.39 is 11.6 Å². The summed E-state index contributed by atoms with van der Waals surface area (Å²) < 4.78 is 17.0. The molecular formula is C21H25Cl2NO5S. The maximum absolute atomic E-state index is 12.1. The van der Waals surface area contributed by atoms with Crippen molar-refractivity contribution in [1.29, 1.82) is 0 Å². The van der Waals surface area contributed by atoms with Crippen LogP contribution < -0.4 is 4.74 Å². The Morgan fingerprint density at radius 1 is 1.13 bits per heavy atom. The Kier molecular flexibility index (Phi) is 8.41. The van der Waals surface area contributed by atoms with Crippen LogP contribution in [0.2, 0.25) is 8.67 Å². The predicted molar refractivity (Wildman–Crippen MR) is 120 cm³/mol. The predicted octanol–water partition coefficient (Wildman–Crippen LogP) is 6.14. The van der Waals surface area contributed by atoms with Crippen LogP contribution in [0, 0.1) is 0 Å². The molecule has 0 aliphatic heterocycles. The first-order chi connectivity index (χ1) is 14.0. The zero-order valence-corrected chi connectivity index (χ0v) is 19.9. The molecule has 0 unspecified atom stereocenters. The Bertz CT molecular complexity index is 907. The second kappa shape index (κ2) is 10.4. The molecule has 0 radical (unpaired) electrons. The summed E-state index contributed by atoms with van der Waals surface area (Å²) in [6, 6.07) is 6.81. The summed E-state index contributed by atoms with van der Waals surface area (Å²) >= 11 is 13.6. The Balaban J connectivity index is 2.06. The van der Waals surface area contributed by atoms with E-state index in [-0.39, 0.29) is 6.09 Å². The molecule has 0 bridgehead atoms. The standard InChI is InChI=1S/C21H25Cl2NO5S/c1-21(2,3)29-20(26)24(4)7-6-8-28-15-10-13(9-14(11-15)19(25)27-5)16-12-17(22)30-18(16)23/h9-12H,6-8H2,1-5H3. The molecule has 0 N–H and O–H groups in total. The Labute approximate surface area is 190 Å². The van der Waals surface area contributed by atoms with Crippen LogP contribution in [-0.4, -0.2) is 49.9 Å². The molecule has 0 saturated carbocycles. The van der Waals surface area contributed by atoms with Gasteiger partial charge >= 0.3 is 12.1 Å². The highest BCUT2D eigenvalue weighted by Crippen LogP contribution is 2.39. The summed E-state index contributed by atoms with van der Waals surface area (Å²) in [7, 11) is 2.99. The van der Waals surface area contributed by atoms with E-state index in [4.69, 9.17) is 37.4 Å². The SMILES string of the molecule is COC(=O)c1cc(OCCCN(C)C(=O)OC(C)(C)C)cc(-c2cc(Cl)sc2Cl)c1.